The van der Waals surface area contributed by atoms with Gasteiger partial charge in [-0.25, -0.2) is 0 Å². The summed E-state index contributed by atoms with van der Waals surface area (Å²) < 4.78 is 9.80. The van der Waals surface area contributed by atoms with Crippen molar-refractivity contribution in [3.05, 3.63) is 0 Å². The summed E-state index contributed by atoms with van der Waals surface area (Å²) in [5.41, 5.74) is 9.85. The Kier molecular flexibility index (Phi) is 3.04. The van der Waals surface area contributed by atoms with E-state index in [-0.39, 0.29) is 6.16 Å². The molecule has 0 aromatic carbocycles. The van der Waals surface area contributed by atoms with Crippen LogP contribution in [0.2, 0.25) is 0 Å². The van der Waals surface area contributed by atoms with Crippen LogP contribution >= 0.6 is 8.03 Å². The Hall–Kier alpha value is -0.0200. The molecule has 1 atom stereocenters. The van der Waals surface area contributed by atoms with Gasteiger partial charge in [-0.05, 0) is 4.57 Å². The molecule has 0 amide bonds. The van der Waals surface area contributed by atoms with Crippen molar-refractivity contribution in [3.8, 4) is 0 Å². The number of nitrogens with two attached hydrogens (primary N) is 2. The van der Waals surface area contributed by atoms with Gasteiger partial charge in [0, 0.05) is 0 Å². The Morgan fingerprint density at radius 3 is 2.14 bits per heavy atom. The van der Waals surface area contributed by atoms with E-state index >= 15 is 0 Å². The third kappa shape index (κ3) is 5.98. The molecule has 5 heteroatoms. The van der Waals surface area contributed by atoms with E-state index in [4.69, 9.17) is 16.4 Å². The molecule has 0 aromatic rings. The fourth-order valence-electron chi connectivity index (χ4n) is 0.180. The van der Waals surface area contributed by atoms with Gasteiger partial charge >= 0.3 is 8.03 Å². The van der Waals surface area contributed by atoms with E-state index in [0.29, 0.717) is 0 Å². The summed E-state index contributed by atoms with van der Waals surface area (Å²) in [4.78, 5) is 8.07. The first-order valence-electron chi connectivity index (χ1n) is 1.77. The average Bonchev–Trinajstić information content (AvgIpc) is 1.27. The monoisotopic (exact) mass is 123 g/mol. The van der Waals surface area contributed by atoms with Crippen LogP contribution in [0.25, 0.3) is 0 Å². The van der Waals surface area contributed by atoms with E-state index in [1.54, 1.807) is 0 Å². The van der Waals surface area contributed by atoms with E-state index in [1.807, 2.05) is 0 Å². The molecular weight excluding hydrogens is 115 g/mol. The molecule has 42 valence electrons. The van der Waals surface area contributed by atoms with Crippen LogP contribution in [-0.4, -0.2) is 17.2 Å². The van der Waals surface area contributed by atoms with Crippen molar-refractivity contribution in [2.45, 2.75) is 6.17 Å². The minimum atomic E-state index is -2.14. The molecule has 5 N–H and O–H groups in total. The molecule has 4 nitrogen and oxygen atoms in total. The predicted octanol–water partition coefficient (Wildman–Crippen LogP) is -1.04. The second kappa shape index (κ2) is 3.04. The minimum absolute atomic E-state index is 0.0185. The Morgan fingerprint density at radius 1 is 1.71 bits per heavy atom. The van der Waals surface area contributed by atoms with Crippen molar-refractivity contribution in [3.63, 3.8) is 0 Å². The van der Waals surface area contributed by atoms with Gasteiger partial charge in [-0.2, -0.15) is 4.89 Å². The third-order valence-corrected chi connectivity index (χ3v) is 1.10. The van der Waals surface area contributed by atoms with Crippen LogP contribution in [-0.2, 0) is 4.57 Å². The molecule has 0 rings (SSSR count). The molecule has 0 saturated heterocycles. The minimum Gasteiger partial charge on any atom is -0.312 e. The molecule has 0 aromatic heterocycles. The molecule has 0 fully saturated rings. The van der Waals surface area contributed by atoms with Gasteiger partial charge in [0.25, 0.3) is 0 Å². The topological polar surface area (TPSA) is 89.3 Å². The van der Waals surface area contributed by atoms with Crippen LogP contribution < -0.4 is 11.5 Å². The molecule has 0 bridgehead atoms. The van der Waals surface area contributed by atoms with Gasteiger partial charge in [-0.3, -0.25) is 0 Å². The van der Waals surface area contributed by atoms with Gasteiger partial charge in [0.1, 0.15) is 6.17 Å². The maximum atomic E-state index is 9.80. The zero-order valence-electron chi connectivity index (χ0n) is 3.74. The number of hydrogen-bond acceptors (Lipinski definition) is 3. The highest BCUT2D eigenvalue weighted by atomic mass is 31.1. The SMILES string of the molecule is NC(N)C[P+](=O)O. The average molecular weight is 123 g/mol. The highest BCUT2D eigenvalue weighted by Crippen LogP contribution is 2.10. The van der Waals surface area contributed by atoms with E-state index < -0.39 is 14.2 Å². The molecule has 0 radical (unpaired) electrons. The smallest absolute Gasteiger partial charge is 0.312 e. The number of hydrogen-bond donors (Lipinski definition) is 3. The predicted molar refractivity (Wildman–Crippen MR) is 26.9 cm³/mol. The second-order valence-electron chi connectivity index (χ2n) is 1.20. The van der Waals surface area contributed by atoms with E-state index in [9.17, 15) is 4.57 Å². The summed E-state index contributed by atoms with van der Waals surface area (Å²) >= 11 is 0. The lowest BCUT2D eigenvalue weighted by Crippen LogP contribution is -2.32. The van der Waals surface area contributed by atoms with Crippen molar-refractivity contribution < 1.29 is 9.46 Å². The fraction of sp³-hybridized carbons (Fsp3) is 1.00. The second-order valence-corrected chi connectivity index (χ2v) is 2.27. The van der Waals surface area contributed by atoms with Crippen LogP contribution in [0, 0.1) is 0 Å². The normalized spacial score (nSPS) is 12.3. The summed E-state index contributed by atoms with van der Waals surface area (Å²) in [7, 11) is -2.14. The summed E-state index contributed by atoms with van der Waals surface area (Å²) in [6, 6.07) is 0. The van der Waals surface area contributed by atoms with E-state index in [1.165, 1.54) is 0 Å². The van der Waals surface area contributed by atoms with Gasteiger partial charge in [0.05, 0.1) is 0 Å². The van der Waals surface area contributed by atoms with Gasteiger partial charge in [-0.1, -0.05) is 0 Å². The van der Waals surface area contributed by atoms with Crippen LogP contribution in [0.4, 0.5) is 0 Å². The molecule has 7 heavy (non-hydrogen) atoms. The standard InChI is InChI=1S/C2H7N2O2P/c3-2(4)1-7(5)6/h2H,1,3-4H2/p+1. The lowest BCUT2D eigenvalue weighted by Gasteiger charge is -1.88. The molecule has 0 aliphatic rings. The Labute approximate surface area is 42.4 Å². The van der Waals surface area contributed by atoms with Gasteiger partial charge < -0.3 is 11.5 Å². The lowest BCUT2D eigenvalue weighted by molar-refractivity contribution is 0.498. The first kappa shape index (κ1) is 6.98. The van der Waals surface area contributed by atoms with E-state index in [0.717, 1.165) is 0 Å². The Bertz CT molecular complexity index is 74.1. The highest BCUT2D eigenvalue weighted by Gasteiger charge is 2.12. The van der Waals surface area contributed by atoms with Crippen molar-refractivity contribution in [1.29, 1.82) is 0 Å². The maximum Gasteiger partial charge on any atom is 0.508 e. The fourth-order valence-corrected chi connectivity index (χ4v) is 0.541. The van der Waals surface area contributed by atoms with Gasteiger partial charge in [0.15, 0.2) is 0 Å². The third-order valence-electron chi connectivity index (χ3n) is 0.367. The van der Waals surface area contributed by atoms with Crippen LogP contribution in [0.5, 0.6) is 0 Å². The van der Waals surface area contributed by atoms with Crippen LogP contribution in [0.1, 0.15) is 0 Å². The largest absolute Gasteiger partial charge is 0.508 e. The zero-order valence-corrected chi connectivity index (χ0v) is 4.64. The highest BCUT2D eigenvalue weighted by molar-refractivity contribution is 7.38. The molecule has 0 aliphatic carbocycles. The van der Waals surface area contributed by atoms with Crippen LogP contribution in [0.15, 0.2) is 0 Å². The van der Waals surface area contributed by atoms with E-state index in [2.05, 4.69) is 0 Å². The molecule has 1 unspecified atom stereocenters. The number of rotatable bonds is 2. The summed E-state index contributed by atoms with van der Waals surface area (Å²) in [5, 5.41) is 0. The molecule has 0 heterocycles. The quantitative estimate of drug-likeness (QED) is 0.323. The first-order valence-corrected chi connectivity index (χ1v) is 3.17. The Morgan fingerprint density at radius 2 is 2.14 bits per heavy atom. The van der Waals surface area contributed by atoms with Gasteiger partial charge in [0.2, 0.25) is 6.16 Å². The Balaban J connectivity index is 3.13. The molecular formula is C2H8N2O2P+. The summed E-state index contributed by atoms with van der Waals surface area (Å²) in [5.74, 6) is 0. The molecule has 0 spiro atoms. The molecule has 0 saturated carbocycles. The summed E-state index contributed by atoms with van der Waals surface area (Å²) in [6.07, 6.45) is -0.677. The maximum absolute atomic E-state index is 9.80. The lowest BCUT2D eigenvalue weighted by atomic mass is 10.7. The zero-order chi connectivity index (χ0) is 5.86. The van der Waals surface area contributed by atoms with Crippen LogP contribution in [0.3, 0.4) is 0 Å². The van der Waals surface area contributed by atoms with Crippen molar-refractivity contribution in [1.82, 2.24) is 0 Å². The molecule has 0 aliphatic heterocycles. The van der Waals surface area contributed by atoms with Crippen molar-refractivity contribution in [2.24, 2.45) is 11.5 Å². The first-order chi connectivity index (χ1) is 3.13. The summed E-state index contributed by atoms with van der Waals surface area (Å²) in [6.45, 7) is 0. The van der Waals surface area contributed by atoms with Crippen molar-refractivity contribution >= 4 is 8.03 Å². The van der Waals surface area contributed by atoms with Crippen molar-refractivity contribution in [2.75, 3.05) is 6.16 Å². The van der Waals surface area contributed by atoms with Gasteiger partial charge in [-0.15, -0.1) is 0 Å².